The number of carboxylic acids is 1. The van der Waals surface area contributed by atoms with Crippen LogP contribution >= 0.6 is 0 Å². The lowest BCUT2D eigenvalue weighted by atomic mass is 9.95. The Bertz CT molecular complexity index is 1360. The molecule has 0 saturated carbocycles. The molecule has 11 nitrogen and oxygen atoms in total. The number of carboxylic acid groups (broad SMARTS) is 1. The normalized spacial score (nSPS) is 14.6. The zero-order valence-electron chi connectivity index (χ0n) is 23.1. The lowest BCUT2D eigenvalue weighted by Gasteiger charge is -2.36. The van der Waals surface area contributed by atoms with Crippen LogP contribution in [-0.2, 0) is 35.1 Å². The first-order valence-electron chi connectivity index (χ1n) is 12.8. The van der Waals surface area contributed by atoms with Crippen molar-refractivity contribution < 1.29 is 47.3 Å². The van der Waals surface area contributed by atoms with Gasteiger partial charge >= 0.3 is 17.9 Å². The first-order valence-corrected chi connectivity index (χ1v) is 16.3. The predicted octanol–water partition coefficient (Wildman–Crippen LogP) is 2.69. The molecule has 0 saturated heterocycles. The van der Waals surface area contributed by atoms with Gasteiger partial charge in [-0.3, -0.25) is 24.0 Å². The number of amides is 2. The number of aromatic nitrogens is 1. The number of aliphatic carboxylic acids is 1. The van der Waals surface area contributed by atoms with Gasteiger partial charge in [-0.15, -0.1) is 0 Å². The summed E-state index contributed by atoms with van der Waals surface area (Å²) in [5.74, 6) is -5.92. The van der Waals surface area contributed by atoms with Crippen LogP contribution in [0.1, 0.15) is 43.0 Å². The minimum absolute atomic E-state index is 0.0000572. The molecule has 220 valence electrons. The Balaban J connectivity index is 1.82. The van der Waals surface area contributed by atoms with Crippen LogP contribution in [0.15, 0.2) is 24.3 Å². The van der Waals surface area contributed by atoms with Crippen molar-refractivity contribution in [3.63, 3.8) is 0 Å². The molecule has 0 unspecified atom stereocenters. The average molecular weight is 592 g/mol. The molecule has 1 aromatic heterocycles. The molecule has 14 heteroatoms. The van der Waals surface area contributed by atoms with E-state index in [9.17, 15) is 32.8 Å². The molecule has 0 radical (unpaired) electrons. The number of ether oxygens (including phenoxy) is 2. The SMILES string of the molecule is COc1ccc2c(n1)CCN(C(=O)CCC(=O)OC(=O)CCC(=O)O)[C@H]2C(=O)Nc1cc(F)c([Si](C)(C)C)c(F)c1. The van der Waals surface area contributed by atoms with Crippen LogP contribution in [0.2, 0.25) is 19.6 Å². The highest BCUT2D eigenvalue weighted by Gasteiger charge is 2.37. The van der Waals surface area contributed by atoms with Crippen LogP contribution in [0.3, 0.4) is 0 Å². The molecule has 2 N–H and O–H groups in total. The third-order valence-electron chi connectivity index (χ3n) is 6.33. The van der Waals surface area contributed by atoms with Gasteiger partial charge in [0.25, 0.3) is 5.91 Å². The molecular formula is C27H31F2N3O8Si. The van der Waals surface area contributed by atoms with E-state index in [0.717, 1.165) is 12.1 Å². The maximum atomic E-state index is 14.8. The Hall–Kier alpha value is -4.20. The van der Waals surface area contributed by atoms with Gasteiger partial charge in [-0.1, -0.05) is 19.6 Å². The van der Waals surface area contributed by atoms with Crippen molar-refractivity contribution in [1.29, 1.82) is 0 Å². The van der Waals surface area contributed by atoms with Crippen LogP contribution in [0, 0.1) is 11.6 Å². The van der Waals surface area contributed by atoms with E-state index in [1.165, 1.54) is 18.1 Å². The number of benzene rings is 1. The van der Waals surface area contributed by atoms with Gasteiger partial charge in [0, 0.05) is 41.9 Å². The minimum Gasteiger partial charge on any atom is -0.481 e. The predicted molar refractivity (Wildman–Crippen MR) is 144 cm³/mol. The number of halogens is 2. The standard InChI is InChI=1S/C27H31F2N3O8Si/c1-39-20-6-5-16-19(31-20)11-12-32(21(33)7-9-23(36)40-24(37)10-8-22(34)35)25(16)27(38)30-15-13-17(28)26(18(29)14-15)41(2,3)4/h5-6,13-14,25H,7-12H2,1-4H3,(H,30,38)(H,34,35)/t25-/m1/s1. The van der Waals surface area contributed by atoms with E-state index >= 15 is 0 Å². The summed E-state index contributed by atoms with van der Waals surface area (Å²) in [5, 5.41) is 11.1. The Kier molecular flexibility index (Phi) is 9.91. The Morgan fingerprint density at radius 2 is 1.63 bits per heavy atom. The average Bonchev–Trinajstić information content (AvgIpc) is 2.88. The van der Waals surface area contributed by atoms with Crippen molar-refractivity contribution in [3.05, 3.63) is 47.2 Å². The molecule has 0 aliphatic carbocycles. The molecule has 3 rings (SSSR count). The number of esters is 2. The summed E-state index contributed by atoms with van der Waals surface area (Å²) in [6, 6.07) is 3.90. The Labute approximate surface area is 235 Å². The molecule has 2 amide bonds. The van der Waals surface area contributed by atoms with Gasteiger partial charge in [-0.2, -0.15) is 0 Å². The fourth-order valence-corrected chi connectivity index (χ4v) is 6.07. The summed E-state index contributed by atoms with van der Waals surface area (Å²) < 4.78 is 39.4. The smallest absolute Gasteiger partial charge is 0.314 e. The van der Waals surface area contributed by atoms with E-state index in [0.29, 0.717) is 17.1 Å². The van der Waals surface area contributed by atoms with Gasteiger partial charge in [0.2, 0.25) is 11.8 Å². The lowest BCUT2D eigenvalue weighted by molar-refractivity contribution is -0.161. The van der Waals surface area contributed by atoms with Crippen molar-refractivity contribution in [1.82, 2.24) is 9.88 Å². The molecule has 2 heterocycles. The summed E-state index contributed by atoms with van der Waals surface area (Å²) in [6.45, 7) is 5.41. The van der Waals surface area contributed by atoms with Crippen molar-refractivity contribution in [2.75, 3.05) is 19.0 Å². The van der Waals surface area contributed by atoms with E-state index < -0.39 is 81.2 Å². The second-order valence-electron chi connectivity index (χ2n) is 10.4. The summed E-state index contributed by atoms with van der Waals surface area (Å²) in [6.07, 6.45) is -1.67. The van der Waals surface area contributed by atoms with E-state index in [-0.39, 0.29) is 23.8 Å². The summed E-state index contributed by atoms with van der Waals surface area (Å²) in [4.78, 5) is 66.5. The Morgan fingerprint density at radius 3 is 2.20 bits per heavy atom. The second kappa shape index (κ2) is 13.0. The highest BCUT2D eigenvalue weighted by atomic mass is 28.3. The number of methoxy groups -OCH3 is 1. The molecule has 1 aliphatic heterocycles. The van der Waals surface area contributed by atoms with Crippen molar-refractivity contribution >= 4 is 48.7 Å². The molecule has 1 aromatic carbocycles. The van der Waals surface area contributed by atoms with E-state index in [1.807, 2.05) is 0 Å². The van der Waals surface area contributed by atoms with Crippen molar-refractivity contribution in [2.45, 2.75) is 57.8 Å². The van der Waals surface area contributed by atoms with Crippen LogP contribution in [0.4, 0.5) is 14.5 Å². The van der Waals surface area contributed by atoms with Crippen LogP contribution in [0.25, 0.3) is 0 Å². The first kappa shape index (κ1) is 31.3. The molecule has 1 aliphatic rings. The molecule has 1 atom stereocenters. The van der Waals surface area contributed by atoms with Gasteiger partial charge in [0.05, 0.1) is 40.1 Å². The van der Waals surface area contributed by atoms with Gasteiger partial charge in [-0.05, 0) is 18.2 Å². The molecule has 0 fully saturated rings. The molecule has 0 bridgehead atoms. The van der Waals surface area contributed by atoms with E-state index in [2.05, 4.69) is 15.0 Å². The number of hydrogen-bond acceptors (Lipinski definition) is 8. The molecule has 0 spiro atoms. The second-order valence-corrected chi connectivity index (χ2v) is 15.4. The largest absolute Gasteiger partial charge is 0.481 e. The highest BCUT2D eigenvalue weighted by molar-refractivity contribution is 6.88. The number of fused-ring (bicyclic) bond motifs is 1. The quantitative estimate of drug-likeness (QED) is 0.241. The number of carbonyl (C=O) groups excluding carboxylic acids is 4. The number of nitrogens with one attached hydrogen (secondary N) is 1. The van der Waals surface area contributed by atoms with E-state index in [1.54, 1.807) is 25.7 Å². The van der Waals surface area contributed by atoms with Gasteiger partial charge in [-0.25, -0.2) is 13.8 Å². The number of nitrogens with zero attached hydrogens (tertiary/aromatic N) is 2. The Morgan fingerprint density at radius 1 is 1.02 bits per heavy atom. The van der Waals surface area contributed by atoms with Crippen LogP contribution in [0.5, 0.6) is 5.88 Å². The van der Waals surface area contributed by atoms with E-state index in [4.69, 9.17) is 9.84 Å². The first-order chi connectivity index (χ1) is 19.2. The van der Waals surface area contributed by atoms with Crippen LogP contribution < -0.4 is 15.2 Å². The fraction of sp³-hybridized carbons (Fsp3) is 0.407. The molecular weight excluding hydrogens is 560 g/mol. The zero-order chi connectivity index (χ0) is 30.5. The van der Waals surface area contributed by atoms with Crippen molar-refractivity contribution in [3.8, 4) is 5.88 Å². The maximum Gasteiger partial charge on any atom is 0.314 e. The maximum absolute atomic E-state index is 14.8. The van der Waals surface area contributed by atoms with Crippen molar-refractivity contribution in [2.24, 2.45) is 0 Å². The number of carbonyl (C=O) groups is 5. The zero-order valence-corrected chi connectivity index (χ0v) is 24.1. The summed E-state index contributed by atoms with van der Waals surface area (Å²) in [5.41, 5.74) is 0.730. The topological polar surface area (TPSA) is 152 Å². The third kappa shape index (κ3) is 7.93. The van der Waals surface area contributed by atoms with Gasteiger partial charge in [0.1, 0.15) is 17.7 Å². The fourth-order valence-electron chi connectivity index (χ4n) is 4.49. The van der Waals surface area contributed by atoms with Gasteiger partial charge in [0.15, 0.2) is 0 Å². The minimum atomic E-state index is -2.36. The monoisotopic (exact) mass is 591 g/mol. The number of pyridine rings is 1. The lowest BCUT2D eigenvalue weighted by Crippen LogP contribution is -2.46. The number of rotatable bonds is 10. The highest BCUT2D eigenvalue weighted by Crippen LogP contribution is 2.32. The molecule has 2 aromatic rings. The number of hydrogen-bond donors (Lipinski definition) is 2. The molecule has 41 heavy (non-hydrogen) atoms. The van der Waals surface area contributed by atoms with Crippen LogP contribution in [-0.4, -0.2) is 66.4 Å². The summed E-state index contributed by atoms with van der Waals surface area (Å²) >= 11 is 0. The van der Waals surface area contributed by atoms with Gasteiger partial charge < -0.3 is 24.8 Å². The number of anilines is 1. The summed E-state index contributed by atoms with van der Waals surface area (Å²) in [7, 11) is -0.933. The third-order valence-corrected chi connectivity index (χ3v) is 8.31.